The fourth-order valence-electron chi connectivity index (χ4n) is 4.78. The summed E-state index contributed by atoms with van der Waals surface area (Å²) in [5, 5.41) is 14.6. The van der Waals surface area contributed by atoms with Gasteiger partial charge in [-0.1, -0.05) is 23.7 Å². The van der Waals surface area contributed by atoms with E-state index in [-0.39, 0.29) is 35.6 Å². The Morgan fingerprint density at radius 1 is 1.05 bits per heavy atom. The second-order valence-electron chi connectivity index (χ2n) is 9.93. The molecule has 0 aliphatic carbocycles. The second kappa shape index (κ2) is 12.0. The molecule has 1 aliphatic heterocycles. The van der Waals surface area contributed by atoms with Crippen LogP contribution < -0.4 is 15.2 Å². The topological polar surface area (TPSA) is 122 Å². The maximum Gasteiger partial charge on any atom is 0.329 e. The van der Waals surface area contributed by atoms with Gasteiger partial charge in [-0.25, -0.2) is 9.48 Å². The van der Waals surface area contributed by atoms with Crippen LogP contribution in [-0.4, -0.2) is 70.2 Å². The summed E-state index contributed by atoms with van der Waals surface area (Å²) in [5.74, 6) is -1.51. The predicted molar refractivity (Wildman–Crippen MR) is 151 cm³/mol. The number of aliphatic carboxylic acids is 1. The Kier molecular flexibility index (Phi) is 8.70. The molecule has 1 amide bonds. The number of piperazine rings is 1. The highest BCUT2D eigenvalue weighted by atomic mass is 35.5. The number of rotatable bonds is 9. The van der Waals surface area contributed by atoms with E-state index in [1.165, 1.54) is 26.2 Å². The summed E-state index contributed by atoms with van der Waals surface area (Å²) in [6, 6.07) is 11.8. The van der Waals surface area contributed by atoms with Crippen LogP contribution in [0.25, 0.3) is 11.1 Å². The van der Waals surface area contributed by atoms with Gasteiger partial charge in [-0.3, -0.25) is 19.3 Å². The van der Waals surface area contributed by atoms with Crippen LogP contribution in [0.15, 0.2) is 53.3 Å². The lowest BCUT2D eigenvalue weighted by Gasteiger charge is -2.36. The zero-order chi connectivity index (χ0) is 29.1. The van der Waals surface area contributed by atoms with Crippen molar-refractivity contribution in [3.05, 3.63) is 75.0 Å². The van der Waals surface area contributed by atoms with E-state index in [9.17, 15) is 24.3 Å². The van der Waals surface area contributed by atoms with Gasteiger partial charge in [0.25, 0.3) is 5.56 Å². The van der Waals surface area contributed by atoms with Crippen LogP contribution in [-0.2, 0) is 16.0 Å². The molecule has 1 N–H and O–H groups in total. The van der Waals surface area contributed by atoms with E-state index >= 15 is 0 Å². The van der Waals surface area contributed by atoms with Crippen molar-refractivity contribution in [2.24, 2.45) is 0 Å². The lowest BCUT2D eigenvalue weighted by Crippen LogP contribution is -2.52. The molecule has 4 rings (SSSR count). The lowest BCUT2D eigenvalue weighted by molar-refractivity contribution is -0.141. The first kappa shape index (κ1) is 29.0. The second-order valence-corrected chi connectivity index (χ2v) is 10.4. The smallest absolute Gasteiger partial charge is 0.329 e. The van der Waals surface area contributed by atoms with Gasteiger partial charge in [0, 0.05) is 47.9 Å². The molecule has 2 heterocycles. The van der Waals surface area contributed by atoms with Crippen LogP contribution in [0.3, 0.4) is 0 Å². The predicted octanol–water partition coefficient (Wildman–Crippen LogP) is 3.70. The number of anilines is 1. The number of ether oxygens (including phenoxy) is 1. The Balaban J connectivity index is 1.62. The number of carboxylic acid groups (broad SMARTS) is 1. The molecule has 210 valence electrons. The van der Waals surface area contributed by atoms with Crippen molar-refractivity contribution in [2.45, 2.75) is 39.3 Å². The molecule has 11 heteroatoms. The number of carboxylic acids is 1. The van der Waals surface area contributed by atoms with Crippen molar-refractivity contribution in [1.82, 2.24) is 14.7 Å². The number of hydrogen-bond donors (Lipinski definition) is 1. The number of amides is 1. The average Bonchev–Trinajstić information content (AvgIpc) is 2.91. The summed E-state index contributed by atoms with van der Waals surface area (Å²) in [6.45, 7) is 7.18. The Hall–Kier alpha value is -4.02. The molecule has 2 aromatic carbocycles. The van der Waals surface area contributed by atoms with Crippen molar-refractivity contribution in [2.75, 3.05) is 31.6 Å². The Bertz CT molecular complexity index is 1500. The van der Waals surface area contributed by atoms with Gasteiger partial charge < -0.3 is 14.7 Å². The highest BCUT2D eigenvalue weighted by Gasteiger charge is 2.28. The van der Waals surface area contributed by atoms with Crippen molar-refractivity contribution < 1.29 is 24.2 Å². The number of ketones is 1. The van der Waals surface area contributed by atoms with Gasteiger partial charge in [-0.2, -0.15) is 0 Å². The summed E-state index contributed by atoms with van der Waals surface area (Å²) in [4.78, 5) is 54.2. The van der Waals surface area contributed by atoms with Gasteiger partial charge in [0.05, 0.1) is 19.2 Å². The first-order chi connectivity index (χ1) is 19.0. The number of hydrogen-bond acceptors (Lipinski definition) is 7. The minimum atomic E-state index is -1.33. The average molecular weight is 567 g/mol. The summed E-state index contributed by atoms with van der Waals surface area (Å²) < 4.78 is 6.27. The first-order valence-corrected chi connectivity index (χ1v) is 13.2. The molecule has 1 atom stereocenters. The summed E-state index contributed by atoms with van der Waals surface area (Å²) in [5.41, 5.74) is 1.61. The molecular weight excluding hydrogens is 536 g/mol. The normalized spacial score (nSPS) is 14.8. The maximum absolute atomic E-state index is 13.2. The van der Waals surface area contributed by atoms with Gasteiger partial charge in [0.15, 0.2) is 11.8 Å². The quantitative estimate of drug-likeness (QED) is 0.389. The van der Waals surface area contributed by atoms with Crippen molar-refractivity contribution >= 4 is 34.9 Å². The number of halogens is 1. The van der Waals surface area contributed by atoms with Gasteiger partial charge in [0.1, 0.15) is 0 Å². The minimum absolute atomic E-state index is 0.00619. The zero-order valence-corrected chi connectivity index (χ0v) is 23.5. The van der Waals surface area contributed by atoms with Crippen LogP contribution in [0.5, 0.6) is 5.88 Å². The number of benzene rings is 2. The van der Waals surface area contributed by atoms with Crippen LogP contribution >= 0.6 is 11.6 Å². The number of carbonyl (C=O) groups excluding carboxylic acids is 2. The Morgan fingerprint density at radius 2 is 1.75 bits per heavy atom. The van der Waals surface area contributed by atoms with Gasteiger partial charge in [-0.15, -0.1) is 5.10 Å². The number of Topliss-reactive ketones (excluding diaryl/α,β-unsaturated/α-hetero) is 1. The van der Waals surface area contributed by atoms with E-state index in [0.717, 1.165) is 16.9 Å². The van der Waals surface area contributed by atoms with E-state index in [1.54, 1.807) is 41.3 Å². The van der Waals surface area contributed by atoms with Crippen molar-refractivity contribution in [3.63, 3.8) is 0 Å². The van der Waals surface area contributed by atoms with Gasteiger partial charge in [0.2, 0.25) is 11.8 Å². The molecule has 10 nitrogen and oxygen atoms in total. The zero-order valence-electron chi connectivity index (χ0n) is 22.8. The molecule has 0 bridgehead atoms. The summed E-state index contributed by atoms with van der Waals surface area (Å²) in [7, 11) is 1.34. The minimum Gasteiger partial charge on any atom is -0.480 e. The molecule has 1 fully saturated rings. The van der Waals surface area contributed by atoms with E-state index in [2.05, 4.69) is 23.8 Å². The van der Waals surface area contributed by atoms with E-state index in [4.69, 9.17) is 16.3 Å². The molecule has 1 aromatic heterocycles. The Morgan fingerprint density at radius 3 is 2.33 bits per heavy atom. The van der Waals surface area contributed by atoms with E-state index in [1.807, 2.05) is 0 Å². The molecule has 1 unspecified atom stereocenters. The van der Waals surface area contributed by atoms with Crippen molar-refractivity contribution in [3.8, 4) is 17.0 Å². The van der Waals surface area contributed by atoms with Crippen LogP contribution in [0.1, 0.15) is 42.7 Å². The number of aromatic nitrogens is 2. The molecule has 1 aliphatic rings. The summed E-state index contributed by atoms with van der Waals surface area (Å²) >= 11 is 6.15. The molecule has 3 aromatic rings. The van der Waals surface area contributed by atoms with E-state index in [0.29, 0.717) is 34.8 Å². The third kappa shape index (κ3) is 6.08. The third-order valence-corrected chi connectivity index (χ3v) is 7.24. The molecule has 0 spiro atoms. The largest absolute Gasteiger partial charge is 0.480 e. The molecule has 1 saturated heterocycles. The lowest BCUT2D eigenvalue weighted by atomic mass is 9.98. The molecular formula is C29H31ClN4O6. The van der Waals surface area contributed by atoms with Crippen LogP contribution in [0, 0.1) is 0 Å². The number of carbonyl (C=O) groups is 3. The van der Waals surface area contributed by atoms with E-state index < -0.39 is 17.6 Å². The SMILES string of the molecule is COc1nn(C(Cc2ccc(N3CCN(C(C)C)CC3=O)cc2)C(=O)O)c(=O)cc1-c1cc(Cl)ccc1C(C)=O. The molecule has 0 radical (unpaired) electrons. The third-order valence-electron chi connectivity index (χ3n) is 7.00. The van der Waals surface area contributed by atoms with Gasteiger partial charge >= 0.3 is 5.97 Å². The first-order valence-electron chi connectivity index (χ1n) is 12.8. The maximum atomic E-state index is 13.2. The summed E-state index contributed by atoms with van der Waals surface area (Å²) in [6.07, 6.45) is -0.0318. The molecule has 40 heavy (non-hydrogen) atoms. The molecule has 0 saturated carbocycles. The highest BCUT2D eigenvalue weighted by molar-refractivity contribution is 6.31. The number of nitrogens with zero attached hydrogens (tertiary/aromatic N) is 4. The standard InChI is InChI=1S/C29H31ClN4O6/c1-17(2)32-11-12-33(27(37)16-32)21-8-5-19(6-9-21)13-25(29(38)39)34-26(36)15-24(28(31-34)40-4)23-14-20(30)7-10-22(23)18(3)35/h5-10,14-15,17,25H,11-13,16H2,1-4H3,(H,38,39). The van der Waals surface area contributed by atoms with Crippen LogP contribution in [0.2, 0.25) is 5.02 Å². The fraction of sp³-hybridized carbons (Fsp3) is 0.345. The monoisotopic (exact) mass is 566 g/mol. The van der Waals surface area contributed by atoms with Crippen molar-refractivity contribution in [1.29, 1.82) is 0 Å². The Labute approximate surface area is 236 Å². The highest BCUT2D eigenvalue weighted by Crippen LogP contribution is 2.32. The fourth-order valence-corrected chi connectivity index (χ4v) is 4.96. The van der Waals surface area contributed by atoms with Gasteiger partial charge in [-0.05, 0) is 62.2 Å². The number of methoxy groups -OCH3 is 1. The van der Waals surface area contributed by atoms with Crippen LogP contribution in [0.4, 0.5) is 5.69 Å².